The molecular formula is C23H42N8O. The van der Waals surface area contributed by atoms with Gasteiger partial charge in [0.1, 0.15) is 12.4 Å². The van der Waals surface area contributed by atoms with Crippen molar-refractivity contribution < 1.29 is 4.74 Å². The van der Waals surface area contributed by atoms with Gasteiger partial charge in [-0.05, 0) is 45.1 Å². The monoisotopic (exact) mass is 446 g/mol. The van der Waals surface area contributed by atoms with Gasteiger partial charge in [-0.1, -0.05) is 12.8 Å². The number of ether oxygens (including phenoxy) is 1. The third kappa shape index (κ3) is 6.89. The third-order valence-corrected chi connectivity index (χ3v) is 7.21. The van der Waals surface area contributed by atoms with Crippen molar-refractivity contribution in [1.29, 1.82) is 0 Å². The summed E-state index contributed by atoms with van der Waals surface area (Å²) in [6, 6.07) is 0.461. The number of aliphatic imine (C=N–C) groups is 1. The molecule has 4 rings (SSSR count). The van der Waals surface area contributed by atoms with E-state index in [1.165, 1.54) is 45.2 Å². The number of hydrogen-bond donors (Lipinski definition) is 2. The van der Waals surface area contributed by atoms with Crippen molar-refractivity contribution in [3.8, 4) is 0 Å². The molecule has 0 radical (unpaired) electrons. The Balaban J connectivity index is 1.27. The number of nitrogens with one attached hydrogen (secondary N) is 2. The molecule has 3 aliphatic rings. The predicted molar refractivity (Wildman–Crippen MR) is 127 cm³/mol. The zero-order valence-electron chi connectivity index (χ0n) is 20.1. The van der Waals surface area contributed by atoms with Crippen LogP contribution in [0.1, 0.15) is 50.2 Å². The number of nitrogens with zero attached hydrogens (tertiary/aromatic N) is 6. The number of morpholine rings is 1. The van der Waals surface area contributed by atoms with Gasteiger partial charge >= 0.3 is 0 Å². The van der Waals surface area contributed by atoms with Gasteiger partial charge in [0.05, 0.1) is 13.2 Å². The van der Waals surface area contributed by atoms with Gasteiger partial charge in [-0.15, -0.1) is 10.2 Å². The second-order valence-electron chi connectivity index (χ2n) is 9.66. The summed E-state index contributed by atoms with van der Waals surface area (Å²) in [6.45, 7) is 11.9. The van der Waals surface area contributed by atoms with E-state index in [2.05, 4.69) is 30.6 Å². The van der Waals surface area contributed by atoms with E-state index >= 15 is 0 Å². The first-order valence-electron chi connectivity index (χ1n) is 12.6. The standard InChI is InChI=1S/C23H42N8O/c1-19-27-28-22(29(19)2)16-25-23(24-9-5-10-30-12-14-32-15-13-30)26-21-8-11-31(18-21)17-20-6-3-4-7-20/h20-21H,3-18H2,1-2H3,(H2,24,25,26). The van der Waals surface area contributed by atoms with E-state index in [9.17, 15) is 0 Å². The maximum atomic E-state index is 5.45. The highest BCUT2D eigenvalue weighted by Gasteiger charge is 2.26. The van der Waals surface area contributed by atoms with Gasteiger partial charge in [-0.25, -0.2) is 4.99 Å². The molecule has 9 nitrogen and oxygen atoms in total. The molecule has 2 saturated heterocycles. The van der Waals surface area contributed by atoms with Crippen molar-refractivity contribution >= 4 is 5.96 Å². The quantitative estimate of drug-likeness (QED) is 0.334. The van der Waals surface area contributed by atoms with E-state index in [1.807, 2.05) is 18.5 Å². The molecule has 1 aromatic heterocycles. The Morgan fingerprint density at radius 3 is 2.66 bits per heavy atom. The van der Waals surface area contributed by atoms with Crippen LogP contribution in [-0.2, 0) is 18.3 Å². The maximum absolute atomic E-state index is 5.45. The van der Waals surface area contributed by atoms with Gasteiger partial charge in [0, 0.05) is 52.4 Å². The molecule has 1 atom stereocenters. The highest BCUT2D eigenvalue weighted by molar-refractivity contribution is 5.80. The minimum atomic E-state index is 0.461. The van der Waals surface area contributed by atoms with E-state index in [0.717, 1.165) is 75.9 Å². The summed E-state index contributed by atoms with van der Waals surface area (Å²) >= 11 is 0. The normalized spacial score (nSPS) is 23.8. The fourth-order valence-electron chi connectivity index (χ4n) is 5.09. The van der Waals surface area contributed by atoms with Crippen molar-refractivity contribution in [3.63, 3.8) is 0 Å². The molecule has 180 valence electrons. The fraction of sp³-hybridized carbons (Fsp3) is 0.870. The van der Waals surface area contributed by atoms with Crippen LogP contribution < -0.4 is 10.6 Å². The lowest BCUT2D eigenvalue weighted by Gasteiger charge is -2.26. The zero-order chi connectivity index (χ0) is 22.2. The Morgan fingerprint density at radius 2 is 1.91 bits per heavy atom. The highest BCUT2D eigenvalue weighted by atomic mass is 16.5. The van der Waals surface area contributed by atoms with Crippen LogP contribution in [0, 0.1) is 12.8 Å². The van der Waals surface area contributed by atoms with Gasteiger partial charge < -0.3 is 24.8 Å². The molecule has 0 spiro atoms. The fourth-order valence-corrected chi connectivity index (χ4v) is 5.09. The lowest BCUT2D eigenvalue weighted by atomic mass is 10.1. The first kappa shape index (κ1) is 23.4. The molecule has 3 heterocycles. The summed E-state index contributed by atoms with van der Waals surface area (Å²) in [7, 11) is 2.00. The van der Waals surface area contributed by atoms with Crippen LogP contribution in [0.25, 0.3) is 0 Å². The Hall–Kier alpha value is -1.71. The van der Waals surface area contributed by atoms with Crippen LogP contribution >= 0.6 is 0 Å². The van der Waals surface area contributed by atoms with Crippen molar-refractivity contribution in [3.05, 3.63) is 11.6 Å². The number of likely N-dealkylation sites (tertiary alicyclic amines) is 1. The van der Waals surface area contributed by atoms with Gasteiger partial charge in [-0.3, -0.25) is 4.90 Å². The van der Waals surface area contributed by atoms with Crippen LogP contribution in [-0.4, -0.2) is 95.6 Å². The summed E-state index contributed by atoms with van der Waals surface area (Å²) in [5.74, 6) is 3.63. The average molecular weight is 447 g/mol. The molecule has 0 bridgehead atoms. The van der Waals surface area contributed by atoms with Crippen LogP contribution in [0.5, 0.6) is 0 Å². The molecule has 2 aliphatic heterocycles. The number of rotatable bonds is 9. The largest absolute Gasteiger partial charge is 0.379 e. The second kappa shape index (κ2) is 12.0. The number of aromatic nitrogens is 3. The molecule has 9 heteroatoms. The molecule has 2 N–H and O–H groups in total. The van der Waals surface area contributed by atoms with Gasteiger partial charge in [0.25, 0.3) is 0 Å². The molecular weight excluding hydrogens is 404 g/mol. The Kier molecular flexibility index (Phi) is 8.76. The molecule has 1 aromatic rings. The number of guanidine groups is 1. The summed E-state index contributed by atoms with van der Waals surface area (Å²) in [5.41, 5.74) is 0. The van der Waals surface area contributed by atoms with E-state index in [4.69, 9.17) is 9.73 Å². The SMILES string of the molecule is Cc1nnc(CN=C(NCCCN2CCOCC2)NC2CCN(CC3CCCC3)C2)n1C. The number of aryl methyl sites for hydroxylation is 1. The first-order chi connectivity index (χ1) is 15.7. The molecule has 0 amide bonds. The molecule has 1 aliphatic carbocycles. The Bertz CT molecular complexity index is 724. The van der Waals surface area contributed by atoms with Crippen molar-refractivity contribution in [2.45, 2.75) is 58.0 Å². The van der Waals surface area contributed by atoms with Gasteiger partial charge in [0.2, 0.25) is 0 Å². The van der Waals surface area contributed by atoms with Crippen molar-refractivity contribution in [2.75, 3.05) is 59.0 Å². The lowest BCUT2D eigenvalue weighted by Crippen LogP contribution is -2.46. The van der Waals surface area contributed by atoms with E-state index in [1.54, 1.807) is 0 Å². The Labute approximate surface area is 193 Å². The van der Waals surface area contributed by atoms with E-state index in [0.29, 0.717) is 12.6 Å². The number of hydrogen-bond acceptors (Lipinski definition) is 6. The minimum absolute atomic E-state index is 0.461. The summed E-state index contributed by atoms with van der Waals surface area (Å²) in [5, 5.41) is 15.7. The van der Waals surface area contributed by atoms with Crippen LogP contribution in [0.4, 0.5) is 0 Å². The summed E-state index contributed by atoms with van der Waals surface area (Å²) in [4.78, 5) is 9.99. The third-order valence-electron chi connectivity index (χ3n) is 7.21. The predicted octanol–water partition coefficient (Wildman–Crippen LogP) is 1.15. The molecule has 3 fully saturated rings. The zero-order valence-corrected chi connectivity index (χ0v) is 20.1. The highest BCUT2D eigenvalue weighted by Crippen LogP contribution is 2.26. The maximum Gasteiger partial charge on any atom is 0.191 e. The minimum Gasteiger partial charge on any atom is -0.379 e. The molecule has 1 saturated carbocycles. The second-order valence-corrected chi connectivity index (χ2v) is 9.66. The van der Waals surface area contributed by atoms with Crippen LogP contribution in [0.2, 0.25) is 0 Å². The Morgan fingerprint density at radius 1 is 1.09 bits per heavy atom. The van der Waals surface area contributed by atoms with Crippen molar-refractivity contribution in [1.82, 2.24) is 35.2 Å². The summed E-state index contributed by atoms with van der Waals surface area (Å²) in [6.07, 6.45) is 7.97. The van der Waals surface area contributed by atoms with Crippen LogP contribution in [0.15, 0.2) is 4.99 Å². The average Bonchev–Trinajstić information content (AvgIpc) is 3.55. The van der Waals surface area contributed by atoms with Gasteiger partial charge in [-0.2, -0.15) is 0 Å². The smallest absolute Gasteiger partial charge is 0.191 e. The van der Waals surface area contributed by atoms with E-state index < -0.39 is 0 Å². The molecule has 1 unspecified atom stereocenters. The van der Waals surface area contributed by atoms with E-state index in [-0.39, 0.29) is 0 Å². The molecule has 32 heavy (non-hydrogen) atoms. The van der Waals surface area contributed by atoms with Gasteiger partial charge in [0.15, 0.2) is 11.8 Å². The lowest BCUT2D eigenvalue weighted by molar-refractivity contribution is 0.0376. The molecule has 0 aromatic carbocycles. The van der Waals surface area contributed by atoms with Crippen molar-refractivity contribution in [2.24, 2.45) is 18.0 Å². The van der Waals surface area contributed by atoms with Crippen LogP contribution in [0.3, 0.4) is 0 Å². The first-order valence-corrected chi connectivity index (χ1v) is 12.6. The summed E-state index contributed by atoms with van der Waals surface area (Å²) < 4.78 is 7.46. The topological polar surface area (TPSA) is 82.8 Å².